The molecule has 4 nitrogen and oxygen atoms in total. The highest BCUT2D eigenvalue weighted by Gasteiger charge is 2.17. The summed E-state index contributed by atoms with van der Waals surface area (Å²) in [6.45, 7) is 6.40. The fourth-order valence-electron chi connectivity index (χ4n) is 4.03. The molecule has 1 saturated heterocycles. The van der Waals surface area contributed by atoms with Crippen LogP contribution in [0.25, 0.3) is 21.5 Å². The number of benzene rings is 1. The van der Waals surface area contributed by atoms with Crippen LogP contribution in [0.3, 0.4) is 0 Å². The number of rotatable bonds is 6. The molecule has 4 rings (SSSR count). The highest BCUT2D eigenvalue weighted by atomic mass is 35.5. The zero-order chi connectivity index (χ0) is 20.2. The number of nitrogens with zero attached hydrogens (tertiary/aromatic N) is 2. The molecule has 152 valence electrons. The number of hydrogen-bond acceptors (Lipinski definition) is 4. The lowest BCUT2D eigenvalue weighted by atomic mass is 10.0. The van der Waals surface area contributed by atoms with E-state index < -0.39 is 0 Å². The van der Waals surface area contributed by atoms with Crippen molar-refractivity contribution in [1.82, 2.24) is 15.2 Å². The number of nitrogens with one attached hydrogen (secondary N) is 1. The summed E-state index contributed by atoms with van der Waals surface area (Å²) in [5.74, 6) is 0.741. The van der Waals surface area contributed by atoms with Gasteiger partial charge in [0.05, 0.1) is 26.0 Å². The highest BCUT2D eigenvalue weighted by molar-refractivity contribution is 7.19. The van der Waals surface area contributed by atoms with Crippen LogP contribution in [0.2, 0.25) is 4.34 Å². The minimum absolute atomic E-state index is 0.0421. The summed E-state index contributed by atoms with van der Waals surface area (Å²) < 4.78 is 0.716. The number of thiophene rings is 1. The Bertz CT molecular complexity index is 1000. The van der Waals surface area contributed by atoms with Gasteiger partial charge >= 0.3 is 0 Å². The van der Waals surface area contributed by atoms with Gasteiger partial charge in [-0.15, -0.1) is 11.3 Å². The fourth-order valence-corrected chi connectivity index (χ4v) is 5.03. The minimum Gasteiger partial charge on any atom is -0.352 e. The first-order valence-electron chi connectivity index (χ1n) is 10.3. The molecular weight excluding hydrogens is 402 g/mol. The van der Waals surface area contributed by atoms with Gasteiger partial charge in [0.25, 0.3) is 5.91 Å². The Balaban J connectivity index is 1.46. The Labute approximate surface area is 180 Å². The second-order valence-corrected chi connectivity index (χ2v) is 9.55. The summed E-state index contributed by atoms with van der Waals surface area (Å²) in [6.07, 6.45) is 3.58. The molecule has 1 atom stereocenters. The predicted octanol–water partition coefficient (Wildman–Crippen LogP) is 5.47. The van der Waals surface area contributed by atoms with E-state index >= 15 is 0 Å². The smallest absolute Gasteiger partial charge is 0.252 e. The van der Waals surface area contributed by atoms with Crippen molar-refractivity contribution >= 4 is 39.7 Å². The van der Waals surface area contributed by atoms with E-state index in [0.29, 0.717) is 16.4 Å². The van der Waals surface area contributed by atoms with E-state index in [-0.39, 0.29) is 5.91 Å². The van der Waals surface area contributed by atoms with Gasteiger partial charge < -0.3 is 10.2 Å². The normalized spacial score (nSPS) is 17.5. The number of para-hydroxylation sites is 1. The van der Waals surface area contributed by atoms with Gasteiger partial charge in [-0.05, 0) is 62.5 Å². The molecule has 0 spiro atoms. The number of piperidine rings is 1. The van der Waals surface area contributed by atoms with Gasteiger partial charge in [-0.25, -0.2) is 4.98 Å². The third-order valence-corrected chi connectivity index (χ3v) is 6.72. The monoisotopic (exact) mass is 427 g/mol. The number of hydrogen-bond donors (Lipinski definition) is 1. The van der Waals surface area contributed by atoms with Crippen LogP contribution in [0.15, 0.2) is 42.5 Å². The Morgan fingerprint density at radius 1 is 1.31 bits per heavy atom. The summed E-state index contributed by atoms with van der Waals surface area (Å²) in [5.41, 5.74) is 2.27. The molecule has 3 aromatic rings. The van der Waals surface area contributed by atoms with Crippen molar-refractivity contribution in [2.45, 2.75) is 26.2 Å². The number of carbonyl (C=O) groups excluding carboxylic acids is 1. The highest BCUT2D eigenvalue weighted by Crippen LogP contribution is 2.32. The predicted molar refractivity (Wildman–Crippen MR) is 122 cm³/mol. The molecule has 0 saturated carbocycles. The summed E-state index contributed by atoms with van der Waals surface area (Å²) in [6, 6.07) is 13.5. The third kappa shape index (κ3) is 4.97. The maximum atomic E-state index is 13.0. The SMILES string of the molecule is C[C@H]1CCCN(CCCNC(=O)c2cc(-c3ccc(Cl)s3)nc3ccccc23)C1. The Kier molecular flexibility index (Phi) is 6.48. The first kappa shape index (κ1) is 20.3. The molecule has 1 aromatic carbocycles. The lowest BCUT2D eigenvalue weighted by Crippen LogP contribution is -2.36. The van der Waals surface area contributed by atoms with Gasteiger partial charge in [0, 0.05) is 18.5 Å². The number of likely N-dealkylation sites (tertiary alicyclic amines) is 1. The van der Waals surface area contributed by atoms with Crippen molar-refractivity contribution in [3.63, 3.8) is 0 Å². The fraction of sp³-hybridized carbons (Fsp3) is 0.391. The van der Waals surface area contributed by atoms with E-state index in [1.54, 1.807) is 0 Å². The molecule has 29 heavy (non-hydrogen) atoms. The van der Waals surface area contributed by atoms with Crippen molar-refractivity contribution in [1.29, 1.82) is 0 Å². The van der Waals surface area contributed by atoms with Gasteiger partial charge in [-0.3, -0.25) is 4.79 Å². The largest absolute Gasteiger partial charge is 0.352 e. The topological polar surface area (TPSA) is 45.2 Å². The van der Waals surface area contributed by atoms with Gasteiger partial charge in [-0.1, -0.05) is 36.7 Å². The quantitative estimate of drug-likeness (QED) is 0.530. The van der Waals surface area contributed by atoms with Crippen LogP contribution in [0.4, 0.5) is 0 Å². The lowest BCUT2D eigenvalue weighted by Gasteiger charge is -2.30. The van der Waals surface area contributed by atoms with Crippen molar-refractivity contribution in [2.24, 2.45) is 5.92 Å². The second-order valence-electron chi connectivity index (χ2n) is 7.83. The number of pyridine rings is 1. The molecule has 1 N–H and O–H groups in total. The first-order valence-corrected chi connectivity index (χ1v) is 11.5. The molecule has 6 heteroatoms. The summed E-state index contributed by atoms with van der Waals surface area (Å²) in [4.78, 5) is 21.2. The Hall–Kier alpha value is -1.95. The lowest BCUT2D eigenvalue weighted by molar-refractivity contribution is 0.0951. The van der Waals surface area contributed by atoms with Crippen molar-refractivity contribution < 1.29 is 4.79 Å². The summed E-state index contributed by atoms with van der Waals surface area (Å²) >= 11 is 7.57. The Morgan fingerprint density at radius 3 is 2.97 bits per heavy atom. The molecule has 0 unspecified atom stereocenters. The average molecular weight is 428 g/mol. The molecule has 1 fully saturated rings. The van der Waals surface area contributed by atoms with Crippen LogP contribution in [0.5, 0.6) is 0 Å². The molecule has 2 aromatic heterocycles. The average Bonchev–Trinajstić information content (AvgIpc) is 3.16. The van der Waals surface area contributed by atoms with Gasteiger partial charge in [0.1, 0.15) is 0 Å². The van der Waals surface area contributed by atoms with E-state index in [4.69, 9.17) is 16.6 Å². The van der Waals surface area contributed by atoms with Gasteiger partial charge in [0.2, 0.25) is 0 Å². The zero-order valence-electron chi connectivity index (χ0n) is 16.7. The van der Waals surface area contributed by atoms with E-state index in [0.717, 1.165) is 40.4 Å². The van der Waals surface area contributed by atoms with Gasteiger partial charge in [-0.2, -0.15) is 0 Å². The van der Waals surface area contributed by atoms with Gasteiger partial charge in [0.15, 0.2) is 0 Å². The zero-order valence-corrected chi connectivity index (χ0v) is 18.2. The van der Waals surface area contributed by atoms with Crippen LogP contribution in [-0.4, -0.2) is 42.0 Å². The second kappa shape index (κ2) is 9.24. The first-order chi connectivity index (χ1) is 14.1. The van der Waals surface area contributed by atoms with E-state index in [9.17, 15) is 4.79 Å². The number of fused-ring (bicyclic) bond motifs is 1. The number of carbonyl (C=O) groups is 1. The molecule has 1 amide bonds. The van der Waals surface area contributed by atoms with E-state index in [1.165, 1.54) is 37.3 Å². The van der Waals surface area contributed by atoms with Crippen LogP contribution in [-0.2, 0) is 0 Å². The molecule has 0 radical (unpaired) electrons. The summed E-state index contributed by atoms with van der Waals surface area (Å²) in [5, 5.41) is 3.99. The molecule has 3 heterocycles. The van der Waals surface area contributed by atoms with Crippen LogP contribution >= 0.6 is 22.9 Å². The number of amides is 1. The van der Waals surface area contributed by atoms with Crippen molar-refractivity contribution in [3.05, 3.63) is 52.4 Å². The molecule has 1 aliphatic rings. The van der Waals surface area contributed by atoms with Crippen LogP contribution in [0.1, 0.15) is 36.5 Å². The van der Waals surface area contributed by atoms with Crippen molar-refractivity contribution in [2.75, 3.05) is 26.2 Å². The molecule has 0 aliphatic carbocycles. The number of halogens is 1. The third-order valence-electron chi connectivity index (χ3n) is 5.46. The standard InChI is InChI=1S/C23H26ClN3OS/c1-16-6-4-12-27(15-16)13-5-11-25-23(28)18-14-20(21-9-10-22(24)29-21)26-19-8-3-2-7-17(18)19/h2-3,7-10,14,16H,4-6,11-13,15H2,1H3,(H,25,28)/t16-/m0/s1. The Morgan fingerprint density at radius 2 is 2.17 bits per heavy atom. The molecular formula is C23H26ClN3OS. The maximum Gasteiger partial charge on any atom is 0.252 e. The maximum absolute atomic E-state index is 13.0. The summed E-state index contributed by atoms with van der Waals surface area (Å²) in [7, 11) is 0. The molecule has 1 aliphatic heterocycles. The molecule has 0 bridgehead atoms. The van der Waals surface area contributed by atoms with E-state index in [2.05, 4.69) is 17.1 Å². The number of aromatic nitrogens is 1. The van der Waals surface area contributed by atoms with E-state index in [1.807, 2.05) is 42.5 Å². The van der Waals surface area contributed by atoms with Crippen LogP contribution in [0, 0.1) is 5.92 Å². The van der Waals surface area contributed by atoms with Crippen molar-refractivity contribution in [3.8, 4) is 10.6 Å². The minimum atomic E-state index is -0.0421. The van der Waals surface area contributed by atoms with Crippen LogP contribution < -0.4 is 5.32 Å².